The SMILES string of the molecule is C#Cc1cnc(N2CCNC(=C)C2)nc1. The van der Waals surface area contributed by atoms with Gasteiger partial charge in [0, 0.05) is 31.2 Å². The number of terminal acetylenes is 1. The summed E-state index contributed by atoms with van der Waals surface area (Å²) in [4.78, 5) is 10.5. The molecule has 4 nitrogen and oxygen atoms in total. The van der Waals surface area contributed by atoms with Gasteiger partial charge in [-0.1, -0.05) is 12.5 Å². The minimum absolute atomic E-state index is 0.702. The molecule has 1 aromatic heterocycles. The van der Waals surface area contributed by atoms with Crippen molar-refractivity contribution in [3.63, 3.8) is 0 Å². The Morgan fingerprint density at radius 3 is 2.80 bits per heavy atom. The minimum atomic E-state index is 0.702. The summed E-state index contributed by atoms with van der Waals surface area (Å²) in [7, 11) is 0. The molecular weight excluding hydrogens is 188 g/mol. The normalized spacial score (nSPS) is 15.7. The van der Waals surface area contributed by atoms with Gasteiger partial charge >= 0.3 is 0 Å². The Labute approximate surface area is 89.0 Å². The molecule has 0 aromatic carbocycles. The number of nitrogens with one attached hydrogen (secondary N) is 1. The summed E-state index contributed by atoms with van der Waals surface area (Å²) in [5, 5.41) is 3.18. The van der Waals surface area contributed by atoms with E-state index < -0.39 is 0 Å². The molecular formula is C11H12N4. The van der Waals surface area contributed by atoms with Gasteiger partial charge in [-0.05, 0) is 0 Å². The van der Waals surface area contributed by atoms with Crippen molar-refractivity contribution in [2.75, 3.05) is 24.5 Å². The Bertz CT molecular complexity index is 402. The van der Waals surface area contributed by atoms with Gasteiger partial charge in [-0.3, -0.25) is 0 Å². The van der Waals surface area contributed by atoms with E-state index in [0.717, 1.165) is 25.3 Å². The van der Waals surface area contributed by atoms with Gasteiger partial charge in [0.25, 0.3) is 0 Å². The summed E-state index contributed by atoms with van der Waals surface area (Å²) in [6.45, 7) is 6.39. The quantitative estimate of drug-likeness (QED) is 0.665. The second kappa shape index (κ2) is 4.01. The van der Waals surface area contributed by atoms with E-state index in [0.29, 0.717) is 11.5 Å². The number of anilines is 1. The predicted molar refractivity (Wildman–Crippen MR) is 59.3 cm³/mol. The third-order valence-electron chi connectivity index (χ3n) is 2.23. The maximum Gasteiger partial charge on any atom is 0.225 e. The molecule has 2 heterocycles. The first-order valence-corrected chi connectivity index (χ1v) is 4.75. The van der Waals surface area contributed by atoms with Gasteiger partial charge in [0.15, 0.2) is 0 Å². The summed E-state index contributed by atoms with van der Waals surface area (Å²) in [5.74, 6) is 3.20. The van der Waals surface area contributed by atoms with E-state index in [2.05, 4.69) is 32.7 Å². The lowest BCUT2D eigenvalue weighted by Gasteiger charge is -2.29. The molecule has 0 spiro atoms. The molecule has 0 aliphatic carbocycles. The maximum atomic E-state index is 5.23. The van der Waals surface area contributed by atoms with Gasteiger partial charge in [0.1, 0.15) is 0 Å². The molecule has 4 heteroatoms. The second-order valence-electron chi connectivity index (χ2n) is 3.37. The number of hydrogen-bond acceptors (Lipinski definition) is 4. The van der Waals surface area contributed by atoms with Crippen molar-refractivity contribution >= 4 is 5.95 Å². The first kappa shape index (κ1) is 9.53. The van der Waals surface area contributed by atoms with Gasteiger partial charge in [-0.25, -0.2) is 9.97 Å². The standard InChI is InChI=1S/C11H12N4/c1-3-10-6-13-11(14-7-10)15-5-4-12-9(2)8-15/h1,6-7,12H,2,4-5,8H2. The molecule has 0 saturated carbocycles. The molecule has 0 unspecified atom stereocenters. The van der Waals surface area contributed by atoms with Crippen LogP contribution >= 0.6 is 0 Å². The van der Waals surface area contributed by atoms with Gasteiger partial charge in [0.05, 0.1) is 12.1 Å². The number of rotatable bonds is 1. The lowest BCUT2D eigenvalue weighted by molar-refractivity contribution is 0.649. The average Bonchev–Trinajstić information content (AvgIpc) is 2.29. The average molecular weight is 200 g/mol. The Morgan fingerprint density at radius 2 is 2.20 bits per heavy atom. The Hall–Kier alpha value is -2.02. The number of piperazine rings is 1. The Balaban J connectivity index is 2.15. The van der Waals surface area contributed by atoms with Crippen molar-refractivity contribution < 1.29 is 0 Å². The molecule has 0 radical (unpaired) electrons. The van der Waals surface area contributed by atoms with Crippen LogP contribution in [-0.2, 0) is 0 Å². The van der Waals surface area contributed by atoms with Crippen LogP contribution in [0, 0.1) is 12.3 Å². The van der Waals surface area contributed by atoms with Gasteiger partial charge in [-0.2, -0.15) is 0 Å². The predicted octanol–water partition coefficient (Wildman–Crippen LogP) is 0.381. The number of nitrogens with zero attached hydrogens (tertiary/aromatic N) is 3. The molecule has 0 bridgehead atoms. The third-order valence-corrected chi connectivity index (χ3v) is 2.23. The summed E-state index contributed by atoms with van der Waals surface area (Å²) < 4.78 is 0. The summed E-state index contributed by atoms with van der Waals surface area (Å²) in [5.41, 5.74) is 1.69. The van der Waals surface area contributed by atoms with E-state index in [-0.39, 0.29) is 0 Å². The molecule has 1 N–H and O–H groups in total. The zero-order valence-electron chi connectivity index (χ0n) is 8.40. The van der Waals surface area contributed by atoms with Crippen LogP contribution in [-0.4, -0.2) is 29.6 Å². The molecule has 1 saturated heterocycles. The zero-order chi connectivity index (χ0) is 10.7. The number of aromatic nitrogens is 2. The van der Waals surface area contributed by atoms with Crippen LogP contribution in [0.3, 0.4) is 0 Å². The van der Waals surface area contributed by atoms with Crippen molar-refractivity contribution in [1.29, 1.82) is 0 Å². The molecule has 1 aliphatic heterocycles. The molecule has 1 aliphatic rings. The highest BCUT2D eigenvalue weighted by Crippen LogP contribution is 2.10. The van der Waals surface area contributed by atoms with Crippen LogP contribution in [0.5, 0.6) is 0 Å². The Kier molecular flexibility index (Phi) is 2.55. The fourth-order valence-corrected chi connectivity index (χ4v) is 1.46. The van der Waals surface area contributed by atoms with Crippen molar-refractivity contribution in [3.8, 4) is 12.3 Å². The molecule has 1 fully saturated rings. The van der Waals surface area contributed by atoms with Crippen molar-refractivity contribution in [2.24, 2.45) is 0 Å². The first-order valence-electron chi connectivity index (χ1n) is 4.75. The van der Waals surface area contributed by atoms with Crippen molar-refractivity contribution in [2.45, 2.75) is 0 Å². The fraction of sp³-hybridized carbons (Fsp3) is 0.273. The number of hydrogen-bond donors (Lipinski definition) is 1. The van der Waals surface area contributed by atoms with E-state index in [1.54, 1.807) is 12.4 Å². The minimum Gasteiger partial charge on any atom is -0.386 e. The lowest BCUT2D eigenvalue weighted by atomic mass is 10.3. The largest absolute Gasteiger partial charge is 0.386 e. The molecule has 0 atom stereocenters. The highest BCUT2D eigenvalue weighted by Gasteiger charge is 2.14. The summed E-state index contributed by atoms with van der Waals surface area (Å²) in [6, 6.07) is 0. The molecule has 15 heavy (non-hydrogen) atoms. The van der Waals surface area contributed by atoms with Gasteiger partial charge in [0.2, 0.25) is 5.95 Å². The van der Waals surface area contributed by atoms with Crippen LogP contribution in [0.25, 0.3) is 0 Å². The van der Waals surface area contributed by atoms with E-state index in [1.165, 1.54) is 0 Å². The molecule has 0 amide bonds. The molecule has 1 aromatic rings. The highest BCUT2D eigenvalue weighted by atomic mass is 15.3. The van der Waals surface area contributed by atoms with E-state index in [1.807, 2.05) is 0 Å². The van der Waals surface area contributed by atoms with Crippen LogP contribution in [0.15, 0.2) is 24.7 Å². The van der Waals surface area contributed by atoms with E-state index in [9.17, 15) is 0 Å². The smallest absolute Gasteiger partial charge is 0.225 e. The molecule has 2 rings (SSSR count). The van der Waals surface area contributed by atoms with Crippen LogP contribution in [0.1, 0.15) is 5.56 Å². The van der Waals surface area contributed by atoms with E-state index >= 15 is 0 Å². The lowest BCUT2D eigenvalue weighted by Crippen LogP contribution is -2.42. The third kappa shape index (κ3) is 2.08. The van der Waals surface area contributed by atoms with Crippen LogP contribution in [0.4, 0.5) is 5.95 Å². The topological polar surface area (TPSA) is 41.1 Å². The van der Waals surface area contributed by atoms with Crippen LogP contribution in [0.2, 0.25) is 0 Å². The molecule has 76 valence electrons. The summed E-state index contributed by atoms with van der Waals surface area (Å²) in [6.07, 6.45) is 8.55. The van der Waals surface area contributed by atoms with E-state index in [4.69, 9.17) is 6.42 Å². The van der Waals surface area contributed by atoms with Gasteiger partial charge < -0.3 is 10.2 Å². The maximum absolute atomic E-state index is 5.23. The van der Waals surface area contributed by atoms with Crippen LogP contribution < -0.4 is 10.2 Å². The van der Waals surface area contributed by atoms with Gasteiger partial charge in [-0.15, -0.1) is 6.42 Å². The fourth-order valence-electron chi connectivity index (χ4n) is 1.46. The monoisotopic (exact) mass is 200 g/mol. The summed E-state index contributed by atoms with van der Waals surface area (Å²) >= 11 is 0. The first-order chi connectivity index (χ1) is 7.29. The zero-order valence-corrected chi connectivity index (χ0v) is 8.40. The Morgan fingerprint density at radius 1 is 1.47 bits per heavy atom. The second-order valence-corrected chi connectivity index (χ2v) is 3.37. The highest BCUT2D eigenvalue weighted by molar-refractivity contribution is 5.36. The van der Waals surface area contributed by atoms with Crippen molar-refractivity contribution in [1.82, 2.24) is 15.3 Å². The van der Waals surface area contributed by atoms with Crippen molar-refractivity contribution in [3.05, 3.63) is 30.2 Å².